The number of ketones is 1. The van der Waals surface area contributed by atoms with Gasteiger partial charge in [0.05, 0.1) is 0 Å². The lowest BCUT2D eigenvalue weighted by molar-refractivity contribution is -0.121. The number of nitrogens with one attached hydrogen (secondary N) is 1. The largest absolute Gasteiger partial charge is 0.327 e. The average Bonchev–Trinajstić information content (AvgIpc) is 2.66. The summed E-state index contributed by atoms with van der Waals surface area (Å²) in [6.07, 6.45) is 1.99. The molecule has 2 aromatic rings. The van der Waals surface area contributed by atoms with E-state index in [1.807, 2.05) is 0 Å². The number of amides is 2. The summed E-state index contributed by atoms with van der Waals surface area (Å²) in [5, 5.41) is 2.50. The molecule has 7 heteroatoms. The average molecular weight is 386 g/mol. The van der Waals surface area contributed by atoms with Gasteiger partial charge in [0.1, 0.15) is 17.7 Å². The predicted octanol–water partition coefficient (Wildman–Crippen LogP) is 3.80. The number of benzene rings is 2. The maximum atomic E-state index is 13.4. The molecule has 1 aliphatic rings. The fourth-order valence-electron chi connectivity index (χ4n) is 3.31. The van der Waals surface area contributed by atoms with Crippen LogP contribution in [0.4, 0.5) is 14.5 Å². The van der Waals surface area contributed by atoms with Gasteiger partial charge in [-0.1, -0.05) is 12.1 Å². The third kappa shape index (κ3) is 4.42. The molecule has 0 unspecified atom stereocenters. The zero-order chi connectivity index (χ0) is 20.3. The molecule has 0 aromatic heterocycles. The summed E-state index contributed by atoms with van der Waals surface area (Å²) in [7, 11) is 0. The molecule has 2 amide bonds. The highest BCUT2D eigenvalue weighted by atomic mass is 19.1. The van der Waals surface area contributed by atoms with Gasteiger partial charge in [0.25, 0.3) is 5.91 Å². The molecule has 146 valence electrons. The summed E-state index contributed by atoms with van der Waals surface area (Å²) in [5.74, 6) is -2.50. The first-order valence-electron chi connectivity index (χ1n) is 9.04. The summed E-state index contributed by atoms with van der Waals surface area (Å²) in [6.45, 7) is 1.85. The summed E-state index contributed by atoms with van der Waals surface area (Å²) in [4.78, 5) is 38.4. The van der Waals surface area contributed by atoms with Gasteiger partial charge in [-0.15, -0.1) is 0 Å². The van der Waals surface area contributed by atoms with E-state index in [0.717, 1.165) is 31.0 Å². The van der Waals surface area contributed by atoms with Gasteiger partial charge in [-0.05, 0) is 50.5 Å². The Balaban J connectivity index is 1.78. The molecule has 0 saturated carbocycles. The van der Waals surface area contributed by atoms with Crippen molar-refractivity contribution < 1.29 is 23.2 Å². The molecule has 1 N–H and O–H groups in total. The van der Waals surface area contributed by atoms with Crippen molar-refractivity contribution in [1.29, 1.82) is 0 Å². The molecule has 28 heavy (non-hydrogen) atoms. The van der Waals surface area contributed by atoms with E-state index >= 15 is 0 Å². The van der Waals surface area contributed by atoms with Crippen LogP contribution in [-0.2, 0) is 4.79 Å². The van der Waals surface area contributed by atoms with E-state index < -0.39 is 23.6 Å². The fourth-order valence-corrected chi connectivity index (χ4v) is 3.31. The van der Waals surface area contributed by atoms with Gasteiger partial charge < -0.3 is 10.2 Å². The third-order valence-electron chi connectivity index (χ3n) is 4.73. The van der Waals surface area contributed by atoms with E-state index in [2.05, 4.69) is 5.32 Å². The zero-order valence-electron chi connectivity index (χ0n) is 15.4. The van der Waals surface area contributed by atoms with Gasteiger partial charge in [0.2, 0.25) is 5.91 Å². The normalized spacial score (nSPS) is 16.5. The maximum absolute atomic E-state index is 13.4. The Labute approximate surface area is 161 Å². The van der Waals surface area contributed by atoms with Crippen LogP contribution < -0.4 is 5.32 Å². The molecule has 0 bridgehead atoms. The number of hydrogen-bond donors (Lipinski definition) is 1. The number of rotatable bonds is 4. The van der Waals surface area contributed by atoms with E-state index in [9.17, 15) is 23.2 Å². The Morgan fingerprint density at radius 2 is 1.57 bits per heavy atom. The van der Waals surface area contributed by atoms with Crippen molar-refractivity contribution in [3.05, 3.63) is 65.2 Å². The second-order valence-corrected chi connectivity index (χ2v) is 6.79. The molecule has 0 spiro atoms. The van der Waals surface area contributed by atoms with Crippen molar-refractivity contribution >= 4 is 23.3 Å². The van der Waals surface area contributed by atoms with Gasteiger partial charge >= 0.3 is 0 Å². The minimum atomic E-state index is -0.794. The molecule has 1 heterocycles. The lowest BCUT2D eigenvalue weighted by atomic mass is 9.99. The molecule has 3 rings (SSSR count). The molecule has 1 fully saturated rings. The van der Waals surface area contributed by atoms with Crippen LogP contribution in [0.5, 0.6) is 0 Å². The number of carbonyl (C=O) groups is 3. The Morgan fingerprint density at radius 1 is 0.964 bits per heavy atom. The number of piperidine rings is 1. The first-order chi connectivity index (χ1) is 13.3. The summed E-state index contributed by atoms with van der Waals surface area (Å²) < 4.78 is 26.7. The van der Waals surface area contributed by atoms with Crippen molar-refractivity contribution in [3.8, 4) is 0 Å². The number of Topliss-reactive ketones (excluding diaryl/α,β-unsaturated/α-hetero) is 1. The van der Waals surface area contributed by atoms with Gasteiger partial charge in [0.15, 0.2) is 5.78 Å². The Bertz CT molecular complexity index is 892. The molecule has 0 aliphatic carbocycles. The van der Waals surface area contributed by atoms with Crippen LogP contribution in [0.2, 0.25) is 0 Å². The molecule has 1 aliphatic heterocycles. The zero-order valence-corrected chi connectivity index (χ0v) is 15.4. The van der Waals surface area contributed by atoms with Crippen molar-refractivity contribution in [2.45, 2.75) is 32.2 Å². The standard InChI is InChI=1S/C21H20F2N2O3/c1-13(26)14-5-7-15(8-6-14)21(28)25-9-3-2-4-19(25)20(27)24-18-11-16(22)10-17(23)12-18/h5-8,10-12,19H,2-4,9H2,1H3,(H,24,27)/t19-/m0/s1. The molecular weight excluding hydrogens is 366 g/mol. The lowest BCUT2D eigenvalue weighted by Gasteiger charge is -2.34. The van der Waals surface area contributed by atoms with Crippen LogP contribution in [0.15, 0.2) is 42.5 Å². The fraction of sp³-hybridized carbons (Fsp3) is 0.286. The second kappa shape index (κ2) is 8.29. The van der Waals surface area contributed by atoms with Gasteiger partial charge in [0, 0.05) is 29.4 Å². The number of nitrogens with zero attached hydrogens (tertiary/aromatic N) is 1. The van der Waals surface area contributed by atoms with Gasteiger partial charge in [-0.3, -0.25) is 14.4 Å². The highest BCUT2D eigenvalue weighted by molar-refractivity contribution is 6.02. The second-order valence-electron chi connectivity index (χ2n) is 6.79. The number of likely N-dealkylation sites (tertiary alicyclic amines) is 1. The van der Waals surface area contributed by atoms with Crippen LogP contribution in [0.1, 0.15) is 46.9 Å². The number of anilines is 1. The van der Waals surface area contributed by atoms with Crippen molar-refractivity contribution in [2.75, 3.05) is 11.9 Å². The highest BCUT2D eigenvalue weighted by Gasteiger charge is 2.32. The molecule has 1 saturated heterocycles. The quantitative estimate of drug-likeness (QED) is 0.813. The molecule has 5 nitrogen and oxygen atoms in total. The third-order valence-corrected chi connectivity index (χ3v) is 4.73. The molecule has 0 radical (unpaired) electrons. The smallest absolute Gasteiger partial charge is 0.254 e. The van der Waals surface area contributed by atoms with Crippen LogP contribution in [0.25, 0.3) is 0 Å². The van der Waals surface area contributed by atoms with Crippen LogP contribution in [0.3, 0.4) is 0 Å². The number of carbonyl (C=O) groups excluding carboxylic acids is 3. The van der Waals surface area contributed by atoms with Gasteiger partial charge in [-0.2, -0.15) is 0 Å². The van der Waals surface area contributed by atoms with Crippen molar-refractivity contribution in [3.63, 3.8) is 0 Å². The SMILES string of the molecule is CC(=O)c1ccc(C(=O)N2CCCC[C@H]2C(=O)Nc2cc(F)cc(F)c2)cc1. The van der Waals surface area contributed by atoms with E-state index in [1.54, 1.807) is 24.3 Å². The summed E-state index contributed by atoms with van der Waals surface area (Å²) >= 11 is 0. The van der Waals surface area contributed by atoms with Gasteiger partial charge in [-0.25, -0.2) is 8.78 Å². The Hall–Kier alpha value is -3.09. The van der Waals surface area contributed by atoms with E-state index in [4.69, 9.17) is 0 Å². The first-order valence-corrected chi connectivity index (χ1v) is 9.04. The molecule has 2 aromatic carbocycles. The maximum Gasteiger partial charge on any atom is 0.254 e. The van der Waals surface area contributed by atoms with E-state index in [1.165, 1.54) is 11.8 Å². The Morgan fingerprint density at radius 3 is 2.18 bits per heavy atom. The van der Waals surface area contributed by atoms with E-state index in [-0.39, 0.29) is 17.4 Å². The number of halogens is 2. The van der Waals surface area contributed by atoms with Crippen LogP contribution in [-0.4, -0.2) is 35.1 Å². The first kappa shape index (κ1) is 19.7. The molecular formula is C21H20F2N2O3. The highest BCUT2D eigenvalue weighted by Crippen LogP contribution is 2.22. The van der Waals surface area contributed by atoms with Crippen molar-refractivity contribution in [2.24, 2.45) is 0 Å². The van der Waals surface area contributed by atoms with E-state index in [0.29, 0.717) is 24.1 Å². The minimum absolute atomic E-state index is 0.00582. The Kier molecular flexibility index (Phi) is 5.82. The summed E-state index contributed by atoms with van der Waals surface area (Å²) in [6, 6.07) is 8.30. The van der Waals surface area contributed by atoms with Crippen LogP contribution >= 0.6 is 0 Å². The lowest BCUT2D eigenvalue weighted by Crippen LogP contribution is -2.50. The predicted molar refractivity (Wildman–Crippen MR) is 100 cm³/mol. The summed E-state index contributed by atoms with van der Waals surface area (Å²) in [5.41, 5.74) is 0.880. The van der Waals surface area contributed by atoms with Crippen LogP contribution in [0, 0.1) is 11.6 Å². The topological polar surface area (TPSA) is 66.5 Å². The monoisotopic (exact) mass is 386 g/mol. The number of hydrogen-bond acceptors (Lipinski definition) is 3. The minimum Gasteiger partial charge on any atom is -0.327 e. The van der Waals surface area contributed by atoms with Crippen molar-refractivity contribution in [1.82, 2.24) is 4.90 Å². The molecule has 1 atom stereocenters.